The van der Waals surface area contributed by atoms with Crippen molar-refractivity contribution in [2.75, 3.05) is 18.1 Å². The van der Waals surface area contributed by atoms with Crippen molar-refractivity contribution in [3.63, 3.8) is 0 Å². The molecule has 1 aliphatic heterocycles. The highest BCUT2D eigenvalue weighted by Crippen LogP contribution is 2.44. The highest BCUT2D eigenvalue weighted by molar-refractivity contribution is 7.18. The van der Waals surface area contributed by atoms with Gasteiger partial charge in [-0.1, -0.05) is 43.7 Å². The van der Waals surface area contributed by atoms with E-state index in [1.807, 2.05) is 13.0 Å². The van der Waals surface area contributed by atoms with Crippen LogP contribution in [-0.2, 0) is 9.59 Å². The van der Waals surface area contributed by atoms with Gasteiger partial charge in [0, 0.05) is 12.5 Å². The van der Waals surface area contributed by atoms with Crippen molar-refractivity contribution in [2.45, 2.75) is 53.0 Å². The van der Waals surface area contributed by atoms with Crippen LogP contribution in [0.15, 0.2) is 54.1 Å². The van der Waals surface area contributed by atoms with Gasteiger partial charge in [-0.3, -0.25) is 19.3 Å². The number of rotatable bonds is 11. The number of ether oxygens (including phenoxy) is 2. The van der Waals surface area contributed by atoms with Gasteiger partial charge in [0.05, 0.1) is 35.4 Å². The molecule has 1 N–H and O–H groups in total. The SMILES string of the molecule is CCCCOc1cccc(C2/C(=C(\O)c3ccc(OCCC)cc3)C(=O)C(=O)N2c2nc(C)c(C(C)=O)s2)c1. The molecule has 9 heteroatoms. The molecule has 39 heavy (non-hydrogen) atoms. The minimum Gasteiger partial charge on any atom is -0.507 e. The Balaban J connectivity index is 1.84. The molecule has 3 aromatic rings. The standard InChI is InChI=1S/C30H32N2O6S/c1-5-7-16-38-23-10-8-9-21(17-23)25-24(26(34)20-11-13-22(14-12-20)37-15-6-2)27(35)29(36)32(25)30-31-18(3)28(39-30)19(4)33/h8-14,17,25,34H,5-7,15-16H2,1-4H3/b26-24+. The number of Topliss-reactive ketones (excluding diaryl/α,β-unsaturated/α-hetero) is 2. The van der Waals surface area contributed by atoms with Crippen LogP contribution in [0.4, 0.5) is 5.13 Å². The Morgan fingerprint density at radius 3 is 2.38 bits per heavy atom. The van der Waals surface area contributed by atoms with Crippen LogP contribution >= 0.6 is 11.3 Å². The highest BCUT2D eigenvalue weighted by atomic mass is 32.1. The van der Waals surface area contributed by atoms with Crippen molar-refractivity contribution < 1.29 is 29.0 Å². The number of aliphatic hydroxyl groups is 1. The summed E-state index contributed by atoms with van der Waals surface area (Å²) in [6.07, 6.45) is 2.71. The fourth-order valence-corrected chi connectivity index (χ4v) is 5.34. The number of hydrogen-bond acceptors (Lipinski definition) is 8. The van der Waals surface area contributed by atoms with Crippen LogP contribution in [0.3, 0.4) is 0 Å². The first-order valence-corrected chi connectivity index (χ1v) is 13.8. The first-order chi connectivity index (χ1) is 18.8. The van der Waals surface area contributed by atoms with Gasteiger partial charge in [0.15, 0.2) is 10.9 Å². The average Bonchev–Trinajstić information content (AvgIpc) is 3.44. The minimum atomic E-state index is -0.971. The number of carbonyl (C=O) groups is 3. The molecular weight excluding hydrogens is 516 g/mol. The maximum Gasteiger partial charge on any atom is 0.301 e. The number of unbranched alkanes of at least 4 members (excludes halogenated alkanes) is 1. The van der Waals surface area contributed by atoms with Gasteiger partial charge >= 0.3 is 5.91 Å². The van der Waals surface area contributed by atoms with Gasteiger partial charge in [0.1, 0.15) is 17.3 Å². The van der Waals surface area contributed by atoms with Crippen LogP contribution in [0.1, 0.15) is 72.6 Å². The molecule has 0 radical (unpaired) electrons. The summed E-state index contributed by atoms with van der Waals surface area (Å²) in [6, 6.07) is 12.9. The lowest BCUT2D eigenvalue weighted by atomic mass is 9.95. The number of hydrogen-bond donors (Lipinski definition) is 1. The number of nitrogens with zero attached hydrogens (tertiary/aromatic N) is 2. The average molecular weight is 549 g/mol. The number of anilines is 1. The summed E-state index contributed by atoms with van der Waals surface area (Å²) in [4.78, 5) is 45.2. The predicted molar refractivity (Wildman–Crippen MR) is 151 cm³/mol. The van der Waals surface area contributed by atoms with E-state index in [1.54, 1.807) is 49.4 Å². The number of aryl methyl sites for hydroxylation is 1. The lowest BCUT2D eigenvalue weighted by Crippen LogP contribution is -2.29. The smallest absolute Gasteiger partial charge is 0.301 e. The first-order valence-electron chi connectivity index (χ1n) is 13.0. The molecule has 0 spiro atoms. The normalized spacial score (nSPS) is 16.5. The zero-order chi connectivity index (χ0) is 28.1. The molecule has 0 aliphatic carbocycles. The summed E-state index contributed by atoms with van der Waals surface area (Å²) in [5.74, 6) is -0.925. The molecule has 2 heterocycles. The first kappa shape index (κ1) is 28.0. The number of carbonyl (C=O) groups excluding carboxylic acids is 3. The monoisotopic (exact) mass is 548 g/mol. The lowest BCUT2D eigenvalue weighted by Gasteiger charge is -2.23. The molecule has 4 rings (SSSR count). The van der Waals surface area contributed by atoms with E-state index in [0.717, 1.165) is 30.6 Å². The van der Waals surface area contributed by atoms with Crippen molar-refractivity contribution in [1.29, 1.82) is 0 Å². The number of thiazole rings is 1. The van der Waals surface area contributed by atoms with E-state index in [4.69, 9.17) is 9.47 Å². The number of aliphatic hydroxyl groups excluding tert-OH is 1. The van der Waals surface area contributed by atoms with E-state index in [1.165, 1.54) is 11.8 Å². The molecule has 1 aromatic heterocycles. The molecule has 1 amide bonds. The van der Waals surface area contributed by atoms with E-state index in [-0.39, 0.29) is 22.2 Å². The third-order valence-electron chi connectivity index (χ3n) is 6.30. The molecule has 1 atom stereocenters. The third kappa shape index (κ3) is 5.88. The molecule has 0 bridgehead atoms. The van der Waals surface area contributed by atoms with E-state index < -0.39 is 17.7 Å². The molecule has 2 aromatic carbocycles. The van der Waals surface area contributed by atoms with Crippen molar-refractivity contribution in [3.05, 3.63) is 75.8 Å². The Labute approximate surface area is 231 Å². The van der Waals surface area contributed by atoms with Crippen LogP contribution in [0, 0.1) is 6.92 Å². The molecular formula is C30H32N2O6S. The second-order valence-electron chi connectivity index (χ2n) is 9.28. The Morgan fingerprint density at radius 2 is 1.74 bits per heavy atom. The minimum absolute atomic E-state index is 0.0647. The Bertz CT molecular complexity index is 1410. The molecule has 1 fully saturated rings. The van der Waals surface area contributed by atoms with E-state index in [9.17, 15) is 19.5 Å². The van der Waals surface area contributed by atoms with Gasteiger partial charge in [0.2, 0.25) is 0 Å². The van der Waals surface area contributed by atoms with E-state index in [2.05, 4.69) is 11.9 Å². The maximum absolute atomic E-state index is 13.5. The number of amides is 1. The van der Waals surface area contributed by atoms with Crippen LogP contribution in [0.2, 0.25) is 0 Å². The highest BCUT2D eigenvalue weighted by Gasteiger charge is 2.48. The quantitative estimate of drug-likeness (QED) is 0.0993. The summed E-state index contributed by atoms with van der Waals surface area (Å²) >= 11 is 1.05. The van der Waals surface area contributed by atoms with Gasteiger partial charge in [-0.05, 0) is 61.7 Å². The van der Waals surface area contributed by atoms with Crippen LogP contribution in [0.5, 0.6) is 11.5 Å². The van der Waals surface area contributed by atoms with Crippen LogP contribution < -0.4 is 14.4 Å². The lowest BCUT2D eigenvalue weighted by molar-refractivity contribution is -0.132. The summed E-state index contributed by atoms with van der Waals surface area (Å²) in [6.45, 7) is 8.28. The molecule has 1 unspecified atom stereocenters. The second kappa shape index (κ2) is 12.3. The van der Waals surface area contributed by atoms with Crippen LogP contribution in [0.25, 0.3) is 5.76 Å². The van der Waals surface area contributed by atoms with Crippen molar-refractivity contribution in [2.24, 2.45) is 0 Å². The van der Waals surface area contributed by atoms with Gasteiger partial charge in [-0.25, -0.2) is 4.98 Å². The molecule has 204 valence electrons. The second-order valence-corrected chi connectivity index (χ2v) is 10.3. The van der Waals surface area contributed by atoms with Crippen LogP contribution in [-0.4, -0.2) is 40.8 Å². The fraction of sp³-hybridized carbons (Fsp3) is 0.333. The molecule has 1 saturated heterocycles. The van der Waals surface area contributed by atoms with Gasteiger partial charge < -0.3 is 14.6 Å². The maximum atomic E-state index is 13.5. The van der Waals surface area contributed by atoms with Gasteiger partial charge in [-0.2, -0.15) is 0 Å². The summed E-state index contributed by atoms with van der Waals surface area (Å²) in [5.41, 5.74) is 1.36. The molecule has 1 aliphatic rings. The van der Waals surface area contributed by atoms with Crippen molar-refractivity contribution in [1.82, 2.24) is 4.98 Å². The zero-order valence-electron chi connectivity index (χ0n) is 22.5. The number of ketones is 2. The Kier molecular flexibility index (Phi) is 8.81. The number of aromatic nitrogens is 1. The molecule has 0 saturated carbocycles. The summed E-state index contributed by atoms with van der Waals surface area (Å²) in [5, 5.41) is 11.6. The topological polar surface area (TPSA) is 106 Å². The van der Waals surface area contributed by atoms with E-state index >= 15 is 0 Å². The number of benzene rings is 2. The van der Waals surface area contributed by atoms with Gasteiger partial charge in [0.25, 0.3) is 5.78 Å². The van der Waals surface area contributed by atoms with Crippen molar-refractivity contribution in [3.8, 4) is 11.5 Å². The third-order valence-corrected chi connectivity index (χ3v) is 7.55. The Morgan fingerprint density at radius 1 is 1.03 bits per heavy atom. The Hall–Kier alpha value is -3.98. The van der Waals surface area contributed by atoms with Crippen molar-refractivity contribution >= 4 is 39.7 Å². The van der Waals surface area contributed by atoms with Gasteiger partial charge in [-0.15, -0.1) is 0 Å². The van der Waals surface area contributed by atoms with E-state index in [0.29, 0.717) is 46.4 Å². The predicted octanol–water partition coefficient (Wildman–Crippen LogP) is 6.25. The zero-order valence-corrected chi connectivity index (χ0v) is 23.3. The largest absolute Gasteiger partial charge is 0.507 e. The summed E-state index contributed by atoms with van der Waals surface area (Å²) < 4.78 is 11.5. The summed E-state index contributed by atoms with van der Waals surface area (Å²) in [7, 11) is 0. The molecule has 8 nitrogen and oxygen atoms in total. The fourth-order valence-electron chi connectivity index (χ4n) is 4.35.